The Hall–Kier alpha value is -2.68. The van der Waals surface area contributed by atoms with Crippen molar-refractivity contribution in [2.45, 2.75) is 0 Å². The summed E-state index contributed by atoms with van der Waals surface area (Å²) in [6, 6.07) is 17.2. The van der Waals surface area contributed by atoms with Crippen LogP contribution in [-0.4, -0.2) is 10.9 Å². The van der Waals surface area contributed by atoms with Gasteiger partial charge >= 0.3 is 0 Å². The Kier molecular flexibility index (Phi) is 2.72. The maximum absolute atomic E-state index is 11.5. The summed E-state index contributed by atoms with van der Waals surface area (Å²) in [5.41, 5.74) is 8.56. The first-order valence-corrected chi connectivity index (χ1v) is 6.00. The Morgan fingerprint density at radius 1 is 1.00 bits per heavy atom. The Bertz CT molecular complexity index is 765. The maximum Gasteiger partial charge on any atom is 0.249 e. The number of aromatic nitrogens is 1. The molecular weight excluding hydrogens is 236 g/mol. The number of hydrogen-bond acceptors (Lipinski definition) is 2. The first-order chi connectivity index (χ1) is 9.25. The van der Waals surface area contributed by atoms with Crippen LogP contribution in [0.1, 0.15) is 10.4 Å². The monoisotopic (exact) mass is 248 g/mol. The molecule has 3 aromatic rings. The van der Waals surface area contributed by atoms with Crippen molar-refractivity contribution in [3.8, 4) is 11.1 Å². The molecular formula is C16H12N2O. The minimum Gasteiger partial charge on any atom is -0.366 e. The van der Waals surface area contributed by atoms with Crippen LogP contribution in [0.2, 0.25) is 0 Å². The molecule has 92 valence electrons. The van der Waals surface area contributed by atoms with Gasteiger partial charge in [0.25, 0.3) is 0 Å². The molecule has 1 amide bonds. The zero-order valence-electron chi connectivity index (χ0n) is 10.2. The Morgan fingerprint density at radius 3 is 2.58 bits per heavy atom. The number of fused-ring (bicyclic) bond motifs is 1. The van der Waals surface area contributed by atoms with Crippen LogP contribution in [0.25, 0.3) is 22.0 Å². The van der Waals surface area contributed by atoms with E-state index in [0.717, 1.165) is 22.0 Å². The number of rotatable bonds is 2. The lowest BCUT2D eigenvalue weighted by Gasteiger charge is -2.07. The first-order valence-electron chi connectivity index (χ1n) is 6.00. The van der Waals surface area contributed by atoms with Gasteiger partial charge in [0.2, 0.25) is 5.91 Å². The van der Waals surface area contributed by atoms with E-state index in [-0.39, 0.29) is 0 Å². The molecule has 2 aromatic carbocycles. The number of hydrogen-bond donors (Lipinski definition) is 1. The van der Waals surface area contributed by atoms with Crippen molar-refractivity contribution >= 4 is 16.8 Å². The molecule has 0 fully saturated rings. The van der Waals surface area contributed by atoms with E-state index in [2.05, 4.69) is 4.98 Å². The molecule has 0 spiro atoms. The van der Waals surface area contributed by atoms with Crippen molar-refractivity contribution in [2.24, 2.45) is 5.73 Å². The molecule has 0 saturated heterocycles. The highest BCUT2D eigenvalue weighted by Crippen LogP contribution is 2.25. The number of carbonyl (C=O) groups excluding carboxylic acids is 1. The average Bonchev–Trinajstić information content (AvgIpc) is 2.46. The van der Waals surface area contributed by atoms with Gasteiger partial charge in [-0.25, -0.2) is 0 Å². The second kappa shape index (κ2) is 4.53. The Balaban J connectivity index is 2.22. The van der Waals surface area contributed by atoms with Crippen molar-refractivity contribution in [2.75, 3.05) is 0 Å². The van der Waals surface area contributed by atoms with Crippen LogP contribution in [-0.2, 0) is 0 Å². The summed E-state index contributed by atoms with van der Waals surface area (Å²) in [6.07, 6.45) is 1.77. The highest BCUT2D eigenvalue weighted by molar-refractivity contribution is 6.00. The van der Waals surface area contributed by atoms with E-state index < -0.39 is 5.91 Å². The summed E-state index contributed by atoms with van der Waals surface area (Å²) in [4.78, 5) is 15.9. The first kappa shape index (κ1) is 11.4. The van der Waals surface area contributed by atoms with Crippen molar-refractivity contribution in [3.63, 3.8) is 0 Å². The van der Waals surface area contributed by atoms with Crippen LogP contribution in [0.5, 0.6) is 0 Å². The number of para-hydroxylation sites is 1. The minimum atomic E-state index is -0.427. The van der Waals surface area contributed by atoms with E-state index in [1.54, 1.807) is 18.3 Å². The van der Waals surface area contributed by atoms with E-state index >= 15 is 0 Å². The predicted octanol–water partition coefficient (Wildman–Crippen LogP) is 3.00. The lowest BCUT2D eigenvalue weighted by molar-refractivity contribution is 0.100. The molecule has 0 aliphatic rings. The lowest BCUT2D eigenvalue weighted by Crippen LogP contribution is -2.12. The summed E-state index contributed by atoms with van der Waals surface area (Å²) < 4.78 is 0. The zero-order valence-corrected chi connectivity index (χ0v) is 10.2. The van der Waals surface area contributed by atoms with E-state index in [4.69, 9.17) is 5.73 Å². The van der Waals surface area contributed by atoms with Gasteiger partial charge in [0.1, 0.15) is 0 Å². The number of primary amides is 1. The summed E-state index contributed by atoms with van der Waals surface area (Å²) in [7, 11) is 0. The third-order valence-electron chi connectivity index (χ3n) is 3.09. The molecule has 2 N–H and O–H groups in total. The van der Waals surface area contributed by atoms with E-state index in [0.29, 0.717) is 5.56 Å². The van der Waals surface area contributed by atoms with Crippen LogP contribution in [0, 0.1) is 0 Å². The van der Waals surface area contributed by atoms with Crippen LogP contribution in [0.3, 0.4) is 0 Å². The molecule has 0 bridgehead atoms. The third kappa shape index (κ3) is 2.06. The van der Waals surface area contributed by atoms with Crippen LogP contribution < -0.4 is 5.73 Å². The molecule has 0 aliphatic heterocycles. The van der Waals surface area contributed by atoms with Gasteiger partial charge in [-0.2, -0.15) is 0 Å². The molecule has 0 atom stereocenters. The number of amides is 1. The normalized spacial score (nSPS) is 10.5. The molecule has 0 saturated carbocycles. The standard InChI is InChI=1S/C16H12N2O/c17-16(19)14-7-3-2-6-13(14)12-9-11-5-1-4-8-15(11)18-10-12/h1-10H,(H2,17,19). The molecule has 0 radical (unpaired) electrons. The number of nitrogens with zero attached hydrogens (tertiary/aromatic N) is 1. The molecule has 0 unspecified atom stereocenters. The summed E-state index contributed by atoms with van der Waals surface area (Å²) in [5.74, 6) is -0.427. The lowest BCUT2D eigenvalue weighted by atomic mass is 9.99. The van der Waals surface area contributed by atoms with Gasteiger partial charge in [0, 0.05) is 22.7 Å². The minimum absolute atomic E-state index is 0.427. The van der Waals surface area contributed by atoms with Gasteiger partial charge in [-0.15, -0.1) is 0 Å². The summed E-state index contributed by atoms with van der Waals surface area (Å²) in [5, 5.41) is 1.04. The van der Waals surface area contributed by atoms with E-state index in [9.17, 15) is 4.79 Å². The quantitative estimate of drug-likeness (QED) is 0.758. The van der Waals surface area contributed by atoms with Gasteiger partial charge in [-0.05, 0) is 23.8 Å². The third-order valence-corrected chi connectivity index (χ3v) is 3.09. The molecule has 0 aliphatic carbocycles. The number of carbonyl (C=O) groups is 1. The molecule has 3 nitrogen and oxygen atoms in total. The van der Waals surface area contributed by atoms with Gasteiger partial charge < -0.3 is 5.73 Å². The van der Waals surface area contributed by atoms with Gasteiger partial charge in [0.15, 0.2) is 0 Å². The van der Waals surface area contributed by atoms with Crippen molar-refractivity contribution in [1.29, 1.82) is 0 Å². The maximum atomic E-state index is 11.5. The van der Waals surface area contributed by atoms with E-state index in [1.165, 1.54) is 0 Å². The fourth-order valence-corrected chi connectivity index (χ4v) is 2.17. The molecule has 3 rings (SSSR count). The van der Waals surface area contributed by atoms with Gasteiger partial charge in [-0.3, -0.25) is 9.78 Å². The predicted molar refractivity (Wildman–Crippen MR) is 75.7 cm³/mol. The number of benzene rings is 2. The van der Waals surface area contributed by atoms with Gasteiger partial charge in [0.05, 0.1) is 5.52 Å². The topological polar surface area (TPSA) is 56.0 Å². The summed E-state index contributed by atoms with van der Waals surface area (Å²) >= 11 is 0. The van der Waals surface area contributed by atoms with Gasteiger partial charge in [-0.1, -0.05) is 36.4 Å². The van der Waals surface area contributed by atoms with Crippen molar-refractivity contribution in [1.82, 2.24) is 4.98 Å². The average molecular weight is 248 g/mol. The highest BCUT2D eigenvalue weighted by atomic mass is 16.1. The molecule has 1 aromatic heterocycles. The number of pyridine rings is 1. The van der Waals surface area contributed by atoms with Crippen LogP contribution in [0.4, 0.5) is 0 Å². The fourth-order valence-electron chi connectivity index (χ4n) is 2.17. The van der Waals surface area contributed by atoms with E-state index in [1.807, 2.05) is 42.5 Å². The Labute approximate surface area is 110 Å². The molecule has 19 heavy (non-hydrogen) atoms. The second-order valence-electron chi connectivity index (χ2n) is 4.33. The largest absolute Gasteiger partial charge is 0.366 e. The van der Waals surface area contributed by atoms with Crippen molar-refractivity contribution < 1.29 is 4.79 Å². The highest BCUT2D eigenvalue weighted by Gasteiger charge is 2.09. The van der Waals surface area contributed by atoms with Crippen LogP contribution >= 0.6 is 0 Å². The smallest absolute Gasteiger partial charge is 0.249 e. The Morgan fingerprint density at radius 2 is 1.74 bits per heavy atom. The second-order valence-corrected chi connectivity index (χ2v) is 4.33. The van der Waals surface area contributed by atoms with Crippen molar-refractivity contribution in [3.05, 3.63) is 66.4 Å². The zero-order chi connectivity index (χ0) is 13.2. The SMILES string of the molecule is NC(=O)c1ccccc1-c1cnc2ccccc2c1. The summed E-state index contributed by atoms with van der Waals surface area (Å²) in [6.45, 7) is 0. The molecule has 3 heteroatoms. The number of nitrogens with two attached hydrogens (primary N) is 1. The van der Waals surface area contributed by atoms with Crippen LogP contribution in [0.15, 0.2) is 60.8 Å². The molecule has 1 heterocycles. The fraction of sp³-hybridized carbons (Fsp3) is 0.